The van der Waals surface area contributed by atoms with E-state index < -0.39 is 23.8 Å². The van der Waals surface area contributed by atoms with Crippen LogP contribution in [0, 0.1) is 0 Å². The largest absolute Gasteiger partial charge is 0.493 e. The highest BCUT2D eigenvalue weighted by Gasteiger charge is 2.36. The van der Waals surface area contributed by atoms with Gasteiger partial charge < -0.3 is 19.5 Å². The number of hydrogen-bond acceptors (Lipinski definition) is 6. The molecule has 3 rings (SSSR count). The summed E-state index contributed by atoms with van der Waals surface area (Å²) in [5.74, 6) is -0.456. The van der Waals surface area contributed by atoms with Crippen LogP contribution in [0.25, 0.3) is 0 Å². The second-order valence-corrected chi connectivity index (χ2v) is 6.65. The molecule has 8 nitrogen and oxygen atoms in total. The number of amides is 3. The van der Waals surface area contributed by atoms with Crippen molar-refractivity contribution in [2.24, 2.45) is 0 Å². The van der Waals surface area contributed by atoms with Crippen molar-refractivity contribution in [3.05, 3.63) is 59.2 Å². The van der Waals surface area contributed by atoms with E-state index in [9.17, 15) is 19.5 Å². The number of rotatable bonds is 7. The maximum Gasteiger partial charge on any atom is 0.262 e. The third-order valence-corrected chi connectivity index (χ3v) is 4.84. The zero-order valence-electron chi connectivity index (χ0n) is 16.4. The first-order valence-electron chi connectivity index (χ1n) is 8.96. The van der Waals surface area contributed by atoms with Gasteiger partial charge in [0, 0.05) is 7.05 Å². The minimum atomic E-state index is -0.981. The number of aliphatic hydroxyl groups is 1. The number of hydrogen-bond donors (Lipinski definition) is 1. The summed E-state index contributed by atoms with van der Waals surface area (Å²) in [6.07, 6.45) is -0.981. The second kappa shape index (κ2) is 8.32. The first-order chi connectivity index (χ1) is 13.9. The average molecular weight is 398 g/mol. The van der Waals surface area contributed by atoms with Crippen LogP contribution in [-0.4, -0.2) is 67.0 Å². The molecule has 0 aliphatic carbocycles. The standard InChI is InChI=1S/C21H22N2O6/c1-22(11-16(24)13-8-9-17(28-2)18(10-13)29-3)19(25)12-23-20(26)14-6-4-5-7-15(14)21(23)27/h4-10,16,24H,11-12H2,1-3H3. The van der Waals surface area contributed by atoms with E-state index >= 15 is 0 Å². The summed E-state index contributed by atoms with van der Waals surface area (Å²) in [5.41, 5.74) is 1.12. The summed E-state index contributed by atoms with van der Waals surface area (Å²) in [6, 6.07) is 11.4. The lowest BCUT2D eigenvalue weighted by Gasteiger charge is -2.23. The van der Waals surface area contributed by atoms with Gasteiger partial charge in [-0.2, -0.15) is 0 Å². The Labute approximate surface area is 168 Å². The number of likely N-dealkylation sites (N-methyl/N-ethyl adjacent to an activating group) is 1. The third-order valence-electron chi connectivity index (χ3n) is 4.84. The number of fused-ring (bicyclic) bond motifs is 1. The number of carbonyl (C=O) groups is 3. The Hall–Kier alpha value is -3.39. The normalized spacial score (nSPS) is 13.9. The first kappa shape index (κ1) is 20.3. The highest BCUT2D eigenvalue weighted by Crippen LogP contribution is 2.30. The number of carbonyl (C=O) groups excluding carboxylic acids is 3. The van der Waals surface area contributed by atoms with Gasteiger partial charge in [0.25, 0.3) is 11.8 Å². The molecule has 0 radical (unpaired) electrons. The van der Waals surface area contributed by atoms with Gasteiger partial charge in [-0.3, -0.25) is 19.3 Å². The highest BCUT2D eigenvalue weighted by molar-refractivity contribution is 6.22. The Morgan fingerprint density at radius 2 is 1.62 bits per heavy atom. The predicted octanol–water partition coefficient (Wildman–Crippen LogP) is 1.49. The molecule has 0 saturated carbocycles. The fourth-order valence-corrected chi connectivity index (χ4v) is 3.17. The van der Waals surface area contributed by atoms with Gasteiger partial charge in [-0.05, 0) is 29.8 Å². The van der Waals surface area contributed by atoms with E-state index in [0.717, 1.165) is 4.90 Å². The second-order valence-electron chi connectivity index (χ2n) is 6.65. The first-order valence-corrected chi connectivity index (χ1v) is 8.96. The van der Waals surface area contributed by atoms with Gasteiger partial charge >= 0.3 is 0 Å². The van der Waals surface area contributed by atoms with Crippen molar-refractivity contribution in [1.82, 2.24) is 9.80 Å². The van der Waals surface area contributed by atoms with Crippen molar-refractivity contribution in [2.75, 3.05) is 34.4 Å². The average Bonchev–Trinajstić information content (AvgIpc) is 2.98. The van der Waals surface area contributed by atoms with Crippen LogP contribution in [0.4, 0.5) is 0 Å². The van der Waals surface area contributed by atoms with Crippen molar-refractivity contribution < 1.29 is 29.0 Å². The van der Waals surface area contributed by atoms with Crippen LogP contribution >= 0.6 is 0 Å². The van der Waals surface area contributed by atoms with Crippen LogP contribution in [0.2, 0.25) is 0 Å². The smallest absolute Gasteiger partial charge is 0.262 e. The van der Waals surface area contributed by atoms with Crippen LogP contribution in [0.3, 0.4) is 0 Å². The van der Waals surface area contributed by atoms with Gasteiger partial charge in [-0.25, -0.2) is 0 Å². The number of aliphatic hydroxyl groups excluding tert-OH is 1. The monoisotopic (exact) mass is 398 g/mol. The molecule has 2 aromatic rings. The minimum absolute atomic E-state index is 0.0164. The van der Waals surface area contributed by atoms with E-state index in [1.165, 1.54) is 26.2 Å². The van der Waals surface area contributed by atoms with Crippen molar-refractivity contribution in [2.45, 2.75) is 6.10 Å². The molecule has 3 amide bonds. The topological polar surface area (TPSA) is 96.4 Å². The molecule has 1 atom stereocenters. The van der Waals surface area contributed by atoms with Crippen molar-refractivity contribution >= 4 is 17.7 Å². The molecule has 1 N–H and O–H groups in total. The quantitative estimate of drug-likeness (QED) is 0.710. The van der Waals surface area contributed by atoms with Crippen LogP contribution in [-0.2, 0) is 4.79 Å². The van der Waals surface area contributed by atoms with Crippen LogP contribution in [0.1, 0.15) is 32.4 Å². The summed E-state index contributed by atoms with van der Waals surface area (Å²) in [5, 5.41) is 10.5. The number of nitrogens with zero attached hydrogens (tertiary/aromatic N) is 2. The SMILES string of the molecule is COc1ccc(C(O)CN(C)C(=O)CN2C(=O)c3ccccc3C2=O)cc1OC. The molecule has 0 aromatic heterocycles. The Balaban J connectivity index is 1.65. The summed E-state index contributed by atoms with van der Waals surface area (Å²) < 4.78 is 10.4. The zero-order chi connectivity index (χ0) is 21.1. The van der Waals surface area contributed by atoms with Crippen LogP contribution in [0.15, 0.2) is 42.5 Å². The predicted molar refractivity (Wildman–Crippen MR) is 104 cm³/mol. The highest BCUT2D eigenvalue weighted by atomic mass is 16.5. The number of benzene rings is 2. The van der Waals surface area contributed by atoms with Crippen LogP contribution in [0.5, 0.6) is 11.5 Å². The zero-order valence-corrected chi connectivity index (χ0v) is 16.4. The van der Waals surface area contributed by atoms with Crippen molar-refractivity contribution in [3.63, 3.8) is 0 Å². The number of methoxy groups -OCH3 is 2. The summed E-state index contributed by atoms with van der Waals surface area (Å²) >= 11 is 0. The summed E-state index contributed by atoms with van der Waals surface area (Å²) in [4.78, 5) is 39.6. The molecule has 1 aliphatic heterocycles. The molecule has 1 aliphatic rings. The molecule has 152 valence electrons. The van der Waals surface area contributed by atoms with E-state index in [1.54, 1.807) is 42.5 Å². The molecule has 0 spiro atoms. The van der Waals surface area contributed by atoms with Crippen LogP contribution < -0.4 is 9.47 Å². The fraction of sp³-hybridized carbons (Fsp3) is 0.286. The summed E-state index contributed by atoms with van der Waals surface area (Å²) in [6.45, 7) is -0.404. The number of ether oxygens (including phenoxy) is 2. The van der Waals surface area contributed by atoms with E-state index in [2.05, 4.69) is 0 Å². The summed E-state index contributed by atoms with van der Waals surface area (Å²) in [7, 11) is 4.51. The molecule has 0 fully saturated rings. The lowest BCUT2D eigenvalue weighted by molar-refractivity contribution is -0.131. The van der Waals surface area contributed by atoms with Crippen molar-refractivity contribution in [1.29, 1.82) is 0 Å². The van der Waals surface area contributed by atoms with Gasteiger partial charge in [-0.1, -0.05) is 18.2 Å². The molecule has 1 heterocycles. The van der Waals surface area contributed by atoms with Gasteiger partial charge in [0.15, 0.2) is 11.5 Å². The van der Waals surface area contributed by atoms with E-state index in [1.807, 2.05) is 0 Å². The van der Waals surface area contributed by atoms with Gasteiger partial charge in [0.1, 0.15) is 6.54 Å². The van der Waals surface area contributed by atoms with Gasteiger partial charge in [0.2, 0.25) is 5.91 Å². The Morgan fingerprint density at radius 1 is 1.03 bits per heavy atom. The molecule has 0 bridgehead atoms. The molecule has 0 saturated heterocycles. The molecule has 2 aromatic carbocycles. The fourth-order valence-electron chi connectivity index (χ4n) is 3.17. The lowest BCUT2D eigenvalue weighted by Crippen LogP contribution is -2.42. The molecular weight excluding hydrogens is 376 g/mol. The molecule has 8 heteroatoms. The Kier molecular flexibility index (Phi) is 5.84. The molecule has 1 unspecified atom stereocenters. The molecular formula is C21H22N2O6. The number of imide groups is 1. The van der Waals surface area contributed by atoms with E-state index in [0.29, 0.717) is 28.2 Å². The van der Waals surface area contributed by atoms with Crippen molar-refractivity contribution in [3.8, 4) is 11.5 Å². The maximum atomic E-state index is 12.6. The van der Waals surface area contributed by atoms with Gasteiger partial charge in [0.05, 0.1) is 38.0 Å². The minimum Gasteiger partial charge on any atom is -0.493 e. The Bertz CT molecular complexity index is 923. The molecule has 29 heavy (non-hydrogen) atoms. The van der Waals surface area contributed by atoms with Gasteiger partial charge in [-0.15, -0.1) is 0 Å². The van der Waals surface area contributed by atoms with E-state index in [4.69, 9.17) is 9.47 Å². The lowest BCUT2D eigenvalue weighted by atomic mass is 10.1. The Morgan fingerprint density at radius 3 is 2.17 bits per heavy atom. The third kappa shape index (κ3) is 3.93. The maximum absolute atomic E-state index is 12.6. The van der Waals surface area contributed by atoms with E-state index in [-0.39, 0.29) is 13.1 Å².